The van der Waals surface area contributed by atoms with E-state index in [0.717, 1.165) is 12.0 Å². The minimum Gasteiger partial charge on any atom is -0.441 e. The molecule has 2 aliphatic rings. The number of aliphatic hydroxyl groups is 1. The standard InChI is InChI=1S/C26H25ClFN3O4/c27-18-9-7-17(8-10-18)16-31-23(35-20-5-1-4-19(28)14-20)15-22-24(31)26(34)30(12-3-13-32)25(33)21-6-2-11-29(21)22/h1,4-5,7-10,14-15,21,32H,2-3,6,11-13,16H2. The van der Waals surface area contributed by atoms with Crippen LogP contribution in [-0.4, -0.2) is 52.1 Å². The molecule has 0 bridgehead atoms. The van der Waals surface area contributed by atoms with Crippen LogP contribution in [0.25, 0.3) is 0 Å². The summed E-state index contributed by atoms with van der Waals surface area (Å²) in [6.07, 6.45) is 1.76. The molecule has 1 saturated heterocycles. The third kappa shape index (κ3) is 4.51. The molecule has 5 rings (SSSR count). The van der Waals surface area contributed by atoms with Crippen molar-refractivity contribution in [1.29, 1.82) is 0 Å². The summed E-state index contributed by atoms with van der Waals surface area (Å²) in [6, 6.07) is 14.4. The SMILES string of the molecule is O=C1c2c(cc(Oc3cccc(F)c3)n2Cc2ccc(Cl)cc2)N2CCCC2C(=O)N1CCCO. The molecule has 1 N–H and O–H groups in total. The van der Waals surface area contributed by atoms with Crippen molar-refractivity contribution in [2.45, 2.75) is 31.8 Å². The van der Waals surface area contributed by atoms with Crippen molar-refractivity contribution in [2.75, 3.05) is 24.6 Å². The van der Waals surface area contributed by atoms with Gasteiger partial charge in [-0.15, -0.1) is 0 Å². The second-order valence-electron chi connectivity index (χ2n) is 8.71. The number of nitrogens with zero attached hydrogens (tertiary/aromatic N) is 3. The predicted molar refractivity (Wildman–Crippen MR) is 130 cm³/mol. The molecule has 0 spiro atoms. The number of imide groups is 1. The minimum absolute atomic E-state index is 0.127. The normalized spacial score (nSPS) is 17.4. The molecule has 1 aromatic heterocycles. The summed E-state index contributed by atoms with van der Waals surface area (Å²) < 4.78 is 21.7. The van der Waals surface area contributed by atoms with E-state index < -0.39 is 17.8 Å². The maximum Gasteiger partial charge on any atom is 0.279 e. The molecule has 3 heterocycles. The van der Waals surface area contributed by atoms with E-state index in [4.69, 9.17) is 16.3 Å². The Hall–Kier alpha value is -3.36. The van der Waals surface area contributed by atoms with Crippen LogP contribution in [0.4, 0.5) is 10.1 Å². The van der Waals surface area contributed by atoms with Crippen LogP contribution in [0.5, 0.6) is 11.6 Å². The molecule has 0 saturated carbocycles. The molecule has 1 atom stereocenters. The van der Waals surface area contributed by atoms with Gasteiger partial charge in [0.05, 0.1) is 12.2 Å². The van der Waals surface area contributed by atoms with Crippen LogP contribution in [0.3, 0.4) is 0 Å². The summed E-state index contributed by atoms with van der Waals surface area (Å²) in [4.78, 5) is 30.3. The number of benzene rings is 2. The van der Waals surface area contributed by atoms with Gasteiger partial charge in [0.2, 0.25) is 5.88 Å². The molecule has 35 heavy (non-hydrogen) atoms. The maximum atomic E-state index is 13.9. The third-order valence-electron chi connectivity index (χ3n) is 6.41. The van der Waals surface area contributed by atoms with Gasteiger partial charge in [-0.3, -0.25) is 14.5 Å². The van der Waals surface area contributed by atoms with Gasteiger partial charge < -0.3 is 19.3 Å². The molecule has 1 fully saturated rings. The number of fused-ring (bicyclic) bond motifs is 3. The Morgan fingerprint density at radius 2 is 1.91 bits per heavy atom. The van der Waals surface area contributed by atoms with E-state index in [1.807, 2.05) is 17.0 Å². The zero-order valence-electron chi connectivity index (χ0n) is 19.0. The highest BCUT2D eigenvalue weighted by Gasteiger charge is 2.44. The molecule has 182 valence electrons. The van der Waals surface area contributed by atoms with Crippen LogP contribution in [0.1, 0.15) is 35.3 Å². The monoisotopic (exact) mass is 497 g/mol. The van der Waals surface area contributed by atoms with Gasteiger partial charge in [0.1, 0.15) is 23.3 Å². The molecular formula is C26H25ClFN3O4. The number of halogens is 2. The topological polar surface area (TPSA) is 75.0 Å². The zero-order valence-corrected chi connectivity index (χ0v) is 19.7. The smallest absolute Gasteiger partial charge is 0.279 e. The first-order valence-corrected chi connectivity index (χ1v) is 12.0. The Bertz CT molecular complexity index is 1260. The van der Waals surface area contributed by atoms with Gasteiger partial charge in [-0.1, -0.05) is 29.8 Å². The van der Waals surface area contributed by atoms with E-state index in [0.29, 0.717) is 47.4 Å². The Kier molecular flexibility index (Phi) is 6.49. The van der Waals surface area contributed by atoms with Crippen molar-refractivity contribution in [3.63, 3.8) is 0 Å². The summed E-state index contributed by atoms with van der Waals surface area (Å²) in [5.41, 5.74) is 1.83. The lowest BCUT2D eigenvalue weighted by Crippen LogP contribution is -2.46. The number of ether oxygens (including phenoxy) is 1. The summed E-state index contributed by atoms with van der Waals surface area (Å²) in [7, 11) is 0. The molecular weight excluding hydrogens is 473 g/mol. The first kappa shape index (κ1) is 23.4. The molecule has 7 nitrogen and oxygen atoms in total. The van der Waals surface area contributed by atoms with Gasteiger partial charge in [-0.05, 0) is 49.1 Å². The van der Waals surface area contributed by atoms with Crippen LogP contribution >= 0.6 is 11.6 Å². The quantitative estimate of drug-likeness (QED) is 0.488. The first-order chi connectivity index (χ1) is 17.0. The van der Waals surface area contributed by atoms with Gasteiger partial charge in [-0.2, -0.15) is 0 Å². The van der Waals surface area contributed by atoms with Crippen molar-refractivity contribution in [3.8, 4) is 11.6 Å². The molecule has 0 radical (unpaired) electrons. The van der Waals surface area contributed by atoms with Crippen LogP contribution in [0.2, 0.25) is 5.02 Å². The first-order valence-electron chi connectivity index (χ1n) is 11.6. The molecule has 9 heteroatoms. The highest BCUT2D eigenvalue weighted by molar-refractivity contribution is 6.30. The van der Waals surface area contributed by atoms with Crippen LogP contribution in [0.15, 0.2) is 54.6 Å². The minimum atomic E-state index is -0.452. The predicted octanol–water partition coefficient (Wildman–Crippen LogP) is 4.45. The fourth-order valence-corrected chi connectivity index (χ4v) is 4.91. The zero-order chi connectivity index (χ0) is 24.5. The second-order valence-corrected chi connectivity index (χ2v) is 9.15. The van der Waals surface area contributed by atoms with Crippen LogP contribution in [-0.2, 0) is 11.3 Å². The Morgan fingerprint density at radius 3 is 2.66 bits per heavy atom. The van der Waals surface area contributed by atoms with E-state index in [1.54, 1.807) is 34.9 Å². The van der Waals surface area contributed by atoms with E-state index in [2.05, 4.69) is 0 Å². The van der Waals surface area contributed by atoms with Crippen molar-refractivity contribution in [2.24, 2.45) is 0 Å². The highest BCUT2D eigenvalue weighted by atomic mass is 35.5. The number of aromatic nitrogens is 1. The fraction of sp³-hybridized carbons (Fsp3) is 0.308. The molecule has 0 aliphatic carbocycles. The maximum absolute atomic E-state index is 13.9. The molecule has 2 aliphatic heterocycles. The number of anilines is 1. The van der Waals surface area contributed by atoms with Gasteiger partial charge >= 0.3 is 0 Å². The average molecular weight is 498 g/mol. The lowest BCUT2D eigenvalue weighted by molar-refractivity contribution is -0.129. The Balaban J connectivity index is 1.65. The molecule has 2 aromatic carbocycles. The van der Waals surface area contributed by atoms with E-state index in [-0.39, 0.29) is 25.6 Å². The van der Waals surface area contributed by atoms with Crippen molar-refractivity contribution in [1.82, 2.24) is 9.47 Å². The largest absolute Gasteiger partial charge is 0.441 e. The third-order valence-corrected chi connectivity index (χ3v) is 6.66. The number of hydrogen-bond acceptors (Lipinski definition) is 5. The van der Waals surface area contributed by atoms with Gasteiger partial charge in [-0.25, -0.2) is 4.39 Å². The second kappa shape index (κ2) is 9.71. The number of carbonyl (C=O) groups excluding carboxylic acids is 2. The number of carbonyl (C=O) groups is 2. The number of amides is 2. The summed E-state index contributed by atoms with van der Waals surface area (Å²) in [5, 5.41) is 9.95. The summed E-state index contributed by atoms with van der Waals surface area (Å²) >= 11 is 6.06. The van der Waals surface area contributed by atoms with Gasteiger partial charge in [0, 0.05) is 36.9 Å². The molecule has 1 unspecified atom stereocenters. The average Bonchev–Trinajstić information content (AvgIpc) is 3.44. The van der Waals surface area contributed by atoms with E-state index in [1.165, 1.54) is 17.0 Å². The van der Waals surface area contributed by atoms with Crippen molar-refractivity contribution < 1.29 is 23.8 Å². The van der Waals surface area contributed by atoms with Gasteiger partial charge in [0.25, 0.3) is 11.8 Å². The summed E-state index contributed by atoms with van der Waals surface area (Å²) in [6.45, 7) is 0.917. The lowest BCUT2D eigenvalue weighted by atomic mass is 10.2. The number of rotatable bonds is 7. The fourth-order valence-electron chi connectivity index (χ4n) is 4.78. The van der Waals surface area contributed by atoms with Crippen molar-refractivity contribution in [3.05, 3.63) is 76.7 Å². The van der Waals surface area contributed by atoms with Crippen LogP contribution in [0, 0.1) is 5.82 Å². The lowest BCUT2D eigenvalue weighted by Gasteiger charge is -2.25. The number of hydrogen-bond donors (Lipinski definition) is 1. The Morgan fingerprint density at radius 1 is 1.11 bits per heavy atom. The van der Waals surface area contributed by atoms with Gasteiger partial charge in [0.15, 0.2) is 0 Å². The highest BCUT2D eigenvalue weighted by Crippen LogP contribution is 2.40. The molecule has 3 aromatic rings. The van der Waals surface area contributed by atoms with E-state index in [9.17, 15) is 19.1 Å². The molecule has 2 amide bonds. The summed E-state index contributed by atoms with van der Waals surface area (Å²) in [5.74, 6) is -0.449. The Labute approximate surface area is 207 Å². The van der Waals surface area contributed by atoms with Crippen LogP contribution < -0.4 is 9.64 Å². The van der Waals surface area contributed by atoms with Crippen molar-refractivity contribution >= 4 is 29.1 Å². The number of aliphatic hydroxyl groups excluding tert-OH is 1. The van der Waals surface area contributed by atoms with E-state index >= 15 is 0 Å².